The Morgan fingerprint density at radius 2 is 1.94 bits per heavy atom. The number of phosphoric acid groups is 3. The molecular weight excluding hydrogens is 507 g/mol. The number of nitrogens with one attached hydrogen (secondary N) is 1. The Balaban J connectivity index is 1.81. The molecule has 2 aliphatic heterocycles. The van der Waals surface area contributed by atoms with Gasteiger partial charge in [-0.1, -0.05) is 5.11 Å². The van der Waals surface area contributed by atoms with Crippen LogP contribution in [0.3, 0.4) is 0 Å². The Kier molecular flexibility index (Phi) is 6.70. The van der Waals surface area contributed by atoms with E-state index in [0.29, 0.717) is 0 Å². The van der Waals surface area contributed by atoms with E-state index in [1.165, 1.54) is 0 Å². The van der Waals surface area contributed by atoms with E-state index in [1.807, 2.05) is 4.98 Å². The predicted molar refractivity (Wildman–Crippen MR) is 96.7 cm³/mol. The second-order valence-corrected chi connectivity index (χ2v) is 10.8. The van der Waals surface area contributed by atoms with Crippen LogP contribution in [0.2, 0.25) is 0 Å². The third-order valence-corrected chi connectivity index (χ3v) is 7.98. The lowest BCUT2D eigenvalue weighted by Crippen LogP contribution is -2.45. The molecule has 0 saturated carbocycles. The van der Waals surface area contributed by atoms with Gasteiger partial charge in [0.1, 0.15) is 17.7 Å². The molecule has 19 nitrogen and oxygen atoms in total. The molecule has 22 heteroatoms. The van der Waals surface area contributed by atoms with Crippen molar-refractivity contribution in [1.82, 2.24) is 9.55 Å². The van der Waals surface area contributed by atoms with Gasteiger partial charge in [-0.15, -0.1) is 0 Å². The predicted octanol–water partition coefficient (Wildman–Crippen LogP) is -0.775. The molecule has 5 N–H and O–H groups in total. The van der Waals surface area contributed by atoms with Gasteiger partial charge in [-0.2, -0.15) is 8.62 Å². The fraction of sp³-hybridized carbons (Fsp3) is 0.600. The SMILES string of the molecule is [N-]=[N+]=N[C@H]1[C@H]2OC[C@]1(COP(=O)(O)OP(=O)(O)OP(=O)(O)O)O[C@H]2n1ccc(=O)[nH]c1=O. The Morgan fingerprint density at radius 1 is 1.25 bits per heavy atom. The van der Waals surface area contributed by atoms with Gasteiger partial charge < -0.3 is 29.0 Å². The van der Waals surface area contributed by atoms with E-state index in [0.717, 1.165) is 16.8 Å². The van der Waals surface area contributed by atoms with Crippen molar-refractivity contribution in [2.75, 3.05) is 13.2 Å². The number of nitrogens with zero attached hydrogens (tertiary/aromatic N) is 4. The van der Waals surface area contributed by atoms with Crippen molar-refractivity contribution in [2.45, 2.75) is 24.0 Å². The van der Waals surface area contributed by atoms with Crippen LogP contribution in [-0.2, 0) is 36.3 Å². The van der Waals surface area contributed by atoms with Gasteiger partial charge in [-0.05, 0) is 5.53 Å². The van der Waals surface area contributed by atoms with Gasteiger partial charge in [0.05, 0.1) is 13.2 Å². The van der Waals surface area contributed by atoms with E-state index in [4.69, 9.17) is 24.8 Å². The largest absolute Gasteiger partial charge is 0.490 e. The highest BCUT2D eigenvalue weighted by molar-refractivity contribution is 7.66. The zero-order valence-electron chi connectivity index (χ0n) is 15.3. The summed E-state index contributed by atoms with van der Waals surface area (Å²) >= 11 is 0. The second-order valence-electron chi connectivity index (χ2n) is 6.38. The fourth-order valence-electron chi connectivity index (χ4n) is 3.09. The smallest absolute Gasteiger partial charge is 0.370 e. The molecule has 2 saturated heterocycles. The van der Waals surface area contributed by atoms with Crippen LogP contribution in [0.4, 0.5) is 0 Å². The normalized spacial score (nSPS) is 30.9. The van der Waals surface area contributed by atoms with Crippen molar-refractivity contribution in [3.8, 4) is 0 Å². The highest BCUT2D eigenvalue weighted by Crippen LogP contribution is 2.66. The number of rotatable bonds is 9. The van der Waals surface area contributed by atoms with E-state index >= 15 is 0 Å². The van der Waals surface area contributed by atoms with Crippen LogP contribution in [-0.4, -0.2) is 60.1 Å². The van der Waals surface area contributed by atoms with Crippen molar-refractivity contribution in [3.63, 3.8) is 0 Å². The summed E-state index contributed by atoms with van der Waals surface area (Å²) in [6.07, 6.45) is -1.30. The number of azide groups is 1. The second kappa shape index (κ2) is 8.59. The number of phosphoric ester groups is 1. The summed E-state index contributed by atoms with van der Waals surface area (Å²) < 4.78 is 57.9. The Labute approximate surface area is 175 Å². The summed E-state index contributed by atoms with van der Waals surface area (Å²) in [5.74, 6) is 0. The first kappa shape index (κ1) is 25.0. The zero-order chi connectivity index (χ0) is 23.9. The first-order valence-corrected chi connectivity index (χ1v) is 12.6. The molecule has 3 rings (SSSR count). The highest BCUT2D eigenvalue weighted by Gasteiger charge is 2.63. The molecule has 0 amide bonds. The molecule has 1 aromatic rings. The van der Waals surface area contributed by atoms with Gasteiger partial charge in [0.2, 0.25) is 0 Å². The van der Waals surface area contributed by atoms with Crippen molar-refractivity contribution in [2.24, 2.45) is 5.11 Å². The lowest BCUT2D eigenvalue weighted by molar-refractivity contribution is -0.183. The molecule has 3 heterocycles. The number of aromatic nitrogens is 2. The molecule has 6 atom stereocenters. The third kappa shape index (κ3) is 5.44. The molecule has 2 bridgehead atoms. The van der Waals surface area contributed by atoms with Crippen LogP contribution in [0.25, 0.3) is 10.4 Å². The topological polar surface area (TPSA) is 282 Å². The number of H-pyrrole nitrogens is 1. The minimum Gasteiger partial charge on any atom is -0.370 e. The van der Waals surface area contributed by atoms with Gasteiger partial charge in [-0.25, -0.2) is 18.5 Å². The van der Waals surface area contributed by atoms with Crippen molar-refractivity contribution < 1.29 is 55.9 Å². The number of hydrogen-bond acceptors (Lipinski definition) is 11. The number of ether oxygens (including phenoxy) is 2. The first-order chi connectivity index (χ1) is 14.7. The maximum atomic E-state index is 12.1. The van der Waals surface area contributed by atoms with Crippen LogP contribution >= 0.6 is 23.5 Å². The molecule has 2 unspecified atom stereocenters. The Morgan fingerprint density at radius 3 is 2.53 bits per heavy atom. The molecule has 0 radical (unpaired) electrons. The maximum absolute atomic E-state index is 12.1. The molecule has 0 aromatic carbocycles. The molecule has 2 aliphatic rings. The quantitative estimate of drug-likeness (QED) is 0.115. The van der Waals surface area contributed by atoms with Gasteiger partial charge in [0.25, 0.3) is 5.56 Å². The van der Waals surface area contributed by atoms with Gasteiger partial charge >= 0.3 is 29.2 Å². The fourth-order valence-corrected chi connectivity index (χ4v) is 6.16. The average Bonchev–Trinajstić information content (AvgIpc) is 3.10. The van der Waals surface area contributed by atoms with Crippen molar-refractivity contribution >= 4 is 23.5 Å². The summed E-state index contributed by atoms with van der Waals surface area (Å²) in [6, 6.07) is -0.235. The van der Waals surface area contributed by atoms with Gasteiger partial charge in [0.15, 0.2) is 6.23 Å². The van der Waals surface area contributed by atoms with E-state index < -0.39 is 65.3 Å². The van der Waals surface area contributed by atoms with E-state index in [2.05, 4.69) is 23.2 Å². The van der Waals surface area contributed by atoms with Crippen molar-refractivity contribution in [1.29, 1.82) is 0 Å². The van der Waals surface area contributed by atoms with E-state index in [-0.39, 0.29) is 6.61 Å². The van der Waals surface area contributed by atoms with Crippen LogP contribution in [0.15, 0.2) is 27.0 Å². The standard InChI is InChI=1S/C10H14N5O14P3/c11-14-13-7-6-8(15-2-1-5(16)12-9(15)17)27-10(7,3-25-6)4-26-31(21,22)29-32(23,24)28-30(18,19)20/h1-2,6-8H,3-4H2,(H,21,22)(H,23,24)(H,12,16,17)(H2,18,19,20)/t6-,7+,8-,10-/m1/s1. The zero-order valence-corrected chi connectivity index (χ0v) is 18.0. The summed E-state index contributed by atoms with van der Waals surface area (Å²) in [7, 11) is -16.8. The summed E-state index contributed by atoms with van der Waals surface area (Å²) in [4.78, 5) is 63.9. The Hall–Kier alpha value is -1.68. The number of hydrogen-bond donors (Lipinski definition) is 5. The molecule has 1 aromatic heterocycles. The van der Waals surface area contributed by atoms with E-state index in [1.54, 1.807) is 0 Å². The molecule has 0 spiro atoms. The lowest BCUT2D eigenvalue weighted by Gasteiger charge is -2.31. The number of aromatic amines is 1. The molecule has 32 heavy (non-hydrogen) atoms. The first-order valence-electron chi connectivity index (χ1n) is 8.10. The minimum atomic E-state index is -5.75. The molecular formula is C10H14N5O14P3. The van der Waals surface area contributed by atoms with Crippen molar-refractivity contribution in [3.05, 3.63) is 43.5 Å². The highest BCUT2D eigenvalue weighted by atomic mass is 31.3. The van der Waals surface area contributed by atoms with E-state index in [9.17, 15) is 33.1 Å². The summed E-state index contributed by atoms with van der Waals surface area (Å²) in [5.41, 5.74) is 5.45. The third-order valence-electron chi connectivity index (χ3n) is 4.20. The van der Waals surface area contributed by atoms with Crippen LogP contribution in [0.1, 0.15) is 6.23 Å². The average molecular weight is 521 g/mol. The monoisotopic (exact) mass is 521 g/mol. The van der Waals surface area contributed by atoms with Crippen LogP contribution < -0.4 is 11.2 Å². The lowest BCUT2D eigenvalue weighted by atomic mass is 9.98. The molecule has 0 aliphatic carbocycles. The minimum absolute atomic E-state index is 0.383. The number of fused-ring (bicyclic) bond motifs is 2. The maximum Gasteiger partial charge on any atom is 0.490 e. The van der Waals surface area contributed by atoms with Gasteiger partial charge in [-0.3, -0.25) is 18.9 Å². The molecule has 178 valence electrons. The summed E-state index contributed by atoms with van der Waals surface area (Å²) in [5, 5.41) is 3.49. The van der Waals surface area contributed by atoms with Gasteiger partial charge in [0, 0.05) is 17.2 Å². The summed E-state index contributed by atoms with van der Waals surface area (Å²) in [6.45, 7) is -1.35. The van der Waals surface area contributed by atoms with Crippen LogP contribution in [0.5, 0.6) is 0 Å². The Bertz CT molecular complexity index is 1200. The van der Waals surface area contributed by atoms with Crippen LogP contribution in [0, 0.1) is 0 Å². The molecule has 2 fully saturated rings.